The van der Waals surface area contributed by atoms with Crippen molar-refractivity contribution in [1.29, 1.82) is 0 Å². The van der Waals surface area contributed by atoms with Gasteiger partial charge in [-0.05, 0) is 31.0 Å². The zero-order valence-corrected chi connectivity index (χ0v) is 10.8. The van der Waals surface area contributed by atoms with Crippen LogP contribution in [0.5, 0.6) is 0 Å². The number of nitrogens with one attached hydrogen (secondary N) is 1. The number of ether oxygens (including phenoxy) is 1. The van der Waals surface area contributed by atoms with Gasteiger partial charge in [0.1, 0.15) is 0 Å². The molecule has 2 atom stereocenters. The standard InChI is InChI=1S/C14H17NO4/c1-2-19-12-7-11(12)13(16)15-8-9-4-3-5-10(6-9)14(17)18/h3-6,11-12H,2,7-8H2,1H3,(H,15,16)(H,17,18). The molecule has 0 bridgehead atoms. The molecule has 2 rings (SSSR count). The van der Waals surface area contributed by atoms with Crippen molar-refractivity contribution in [3.05, 3.63) is 35.4 Å². The smallest absolute Gasteiger partial charge is 0.335 e. The monoisotopic (exact) mass is 263 g/mol. The maximum absolute atomic E-state index is 11.8. The Hall–Kier alpha value is -1.88. The molecule has 5 heteroatoms. The van der Waals surface area contributed by atoms with Crippen LogP contribution in [0.3, 0.4) is 0 Å². The zero-order valence-electron chi connectivity index (χ0n) is 10.8. The first-order valence-corrected chi connectivity index (χ1v) is 6.33. The van der Waals surface area contributed by atoms with Crippen LogP contribution < -0.4 is 5.32 Å². The first-order chi connectivity index (χ1) is 9.11. The fourth-order valence-corrected chi connectivity index (χ4v) is 1.98. The van der Waals surface area contributed by atoms with E-state index in [0.29, 0.717) is 13.2 Å². The fourth-order valence-electron chi connectivity index (χ4n) is 1.98. The molecule has 1 saturated carbocycles. The van der Waals surface area contributed by atoms with Crippen LogP contribution in [-0.4, -0.2) is 29.7 Å². The summed E-state index contributed by atoms with van der Waals surface area (Å²) < 4.78 is 5.35. The van der Waals surface area contributed by atoms with E-state index >= 15 is 0 Å². The van der Waals surface area contributed by atoms with E-state index in [9.17, 15) is 9.59 Å². The zero-order chi connectivity index (χ0) is 13.8. The molecule has 19 heavy (non-hydrogen) atoms. The lowest BCUT2D eigenvalue weighted by Gasteiger charge is -2.06. The van der Waals surface area contributed by atoms with Gasteiger partial charge in [-0.3, -0.25) is 4.79 Å². The van der Waals surface area contributed by atoms with Crippen LogP contribution in [0.1, 0.15) is 29.3 Å². The normalized spacial score (nSPS) is 20.9. The Morgan fingerprint density at radius 3 is 2.95 bits per heavy atom. The van der Waals surface area contributed by atoms with E-state index in [1.807, 2.05) is 6.92 Å². The number of hydrogen-bond donors (Lipinski definition) is 2. The van der Waals surface area contributed by atoms with E-state index in [1.54, 1.807) is 18.2 Å². The first kappa shape index (κ1) is 13.5. The van der Waals surface area contributed by atoms with Crippen LogP contribution in [0.15, 0.2) is 24.3 Å². The Bertz CT molecular complexity index is 486. The molecular formula is C14H17NO4. The molecule has 2 unspecified atom stereocenters. The summed E-state index contributed by atoms with van der Waals surface area (Å²) >= 11 is 0. The van der Waals surface area contributed by atoms with Gasteiger partial charge in [-0.2, -0.15) is 0 Å². The number of carboxylic acids is 1. The van der Waals surface area contributed by atoms with Gasteiger partial charge in [-0.1, -0.05) is 12.1 Å². The van der Waals surface area contributed by atoms with E-state index in [1.165, 1.54) is 6.07 Å². The van der Waals surface area contributed by atoms with E-state index < -0.39 is 5.97 Å². The van der Waals surface area contributed by atoms with Crippen molar-refractivity contribution in [2.45, 2.75) is 26.0 Å². The van der Waals surface area contributed by atoms with E-state index in [4.69, 9.17) is 9.84 Å². The second-order valence-corrected chi connectivity index (χ2v) is 4.56. The van der Waals surface area contributed by atoms with Gasteiger partial charge < -0.3 is 15.2 Å². The summed E-state index contributed by atoms with van der Waals surface area (Å²) in [5, 5.41) is 11.7. The lowest BCUT2D eigenvalue weighted by Crippen LogP contribution is -2.26. The number of amides is 1. The minimum atomic E-state index is -0.966. The molecule has 1 aliphatic carbocycles. The van der Waals surface area contributed by atoms with E-state index in [0.717, 1.165) is 12.0 Å². The molecule has 1 amide bonds. The van der Waals surface area contributed by atoms with Crippen molar-refractivity contribution < 1.29 is 19.4 Å². The highest BCUT2D eigenvalue weighted by Crippen LogP contribution is 2.33. The SMILES string of the molecule is CCOC1CC1C(=O)NCc1cccc(C(=O)O)c1. The number of carboxylic acid groups (broad SMARTS) is 1. The molecule has 0 heterocycles. The van der Waals surface area contributed by atoms with Crippen molar-refractivity contribution in [2.24, 2.45) is 5.92 Å². The van der Waals surface area contributed by atoms with Crippen LogP contribution in [0.2, 0.25) is 0 Å². The minimum absolute atomic E-state index is 0.0285. The summed E-state index contributed by atoms with van der Waals surface area (Å²) in [4.78, 5) is 22.6. The average molecular weight is 263 g/mol. The Morgan fingerprint density at radius 2 is 2.26 bits per heavy atom. The number of benzene rings is 1. The number of rotatable bonds is 6. The summed E-state index contributed by atoms with van der Waals surface area (Å²) in [5.74, 6) is -1.05. The maximum Gasteiger partial charge on any atom is 0.335 e. The second kappa shape index (κ2) is 5.84. The summed E-state index contributed by atoms with van der Waals surface area (Å²) in [6.07, 6.45) is 0.824. The molecule has 0 spiro atoms. The molecule has 0 radical (unpaired) electrons. The van der Waals surface area contributed by atoms with Gasteiger partial charge in [0.05, 0.1) is 17.6 Å². The van der Waals surface area contributed by atoms with E-state index in [-0.39, 0.29) is 23.5 Å². The van der Waals surface area contributed by atoms with Gasteiger partial charge in [0, 0.05) is 13.2 Å². The highest BCUT2D eigenvalue weighted by molar-refractivity contribution is 5.87. The van der Waals surface area contributed by atoms with Crippen LogP contribution >= 0.6 is 0 Å². The van der Waals surface area contributed by atoms with Gasteiger partial charge in [-0.15, -0.1) is 0 Å². The van der Waals surface area contributed by atoms with Crippen molar-refractivity contribution >= 4 is 11.9 Å². The number of carbonyl (C=O) groups excluding carboxylic acids is 1. The highest BCUT2D eigenvalue weighted by atomic mass is 16.5. The quantitative estimate of drug-likeness (QED) is 0.814. The molecule has 1 fully saturated rings. The Morgan fingerprint density at radius 1 is 1.47 bits per heavy atom. The fraction of sp³-hybridized carbons (Fsp3) is 0.429. The minimum Gasteiger partial charge on any atom is -0.478 e. The van der Waals surface area contributed by atoms with Crippen molar-refractivity contribution in [3.8, 4) is 0 Å². The van der Waals surface area contributed by atoms with Crippen LogP contribution in [-0.2, 0) is 16.1 Å². The summed E-state index contributed by atoms with van der Waals surface area (Å²) in [5.41, 5.74) is 1.01. The third-order valence-electron chi connectivity index (χ3n) is 3.09. The molecule has 2 N–H and O–H groups in total. The van der Waals surface area contributed by atoms with Crippen molar-refractivity contribution in [2.75, 3.05) is 6.61 Å². The lowest BCUT2D eigenvalue weighted by molar-refractivity contribution is -0.123. The molecule has 0 saturated heterocycles. The number of hydrogen-bond acceptors (Lipinski definition) is 3. The average Bonchev–Trinajstić information content (AvgIpc) is 3.16. The van der Waals surface area contributed by atoms with Gasteiger partial charge >= 0.3 is 5.97 Å². The Kier molecular flexibility index (Phi) is 4.16. The maximum atomic E-state index is 11.8. The topological polar surface area (TPSA) is 75.6 Å². The molecule has 5 nitrogen and oxygen atoms in total. The van der Waals surface area contributed by atoms with Crippen molar-refractivity contribution in [1.82, 2.24) is 5.32 Å². The van der Waals surface area contributed by atoms with Gasteiger partial charge in [0.15, 0.2) is 0 Å². The third kappa shape index (κ3) is 3.54. The highest BCUT2D eigenvalue weighted by Gasteiger charge is 2.43. The molecule has 1 aromatic carbocycles. The molecular weight excluding hydrogens is 246 g/mol. The van der Waals surface area contributed by atoms with Gasteiger partial charge in [0.25, 0.3) is 0 Å². The van der Waals surface area contributed by atoms with Crippen LogP contribution in [0, 0.1) is 5.92 Å². The van der Waals surface area contributed by atoms with Gasteiger partial charge in [0.2, 0.25) is 5.91 Å². The summed E-state index contributed by atoms with van der Waals surface area (Å²) in [6, 6.07) is 6.56. The second-order valence-electron chi connectivity index (χ2n) is 4.56. The summed E-state index contributed by atoms with van der Waals surface area (Å²) in [6.45, 7) is 2.87. The van der Waals surface area contributed by atoms with Crippen LogP contribution in [0.4, 0.5) is 0 Å². The van der Waals surface area contributed by atoms with Crippen molar-refractivity contribution in [3.63, 3.8) is 0 Å². The first-order valence-electron chi connectivity index (χ1n) is 6.33. The molecule has 1 aliphatic rings. The molecule has 0 aromatic heterocycles. The number of carbonyl (C=O) groups is 2. The third-order valence-corrected chi connectivity index (χ3v) is 3.09. The van der Waals surface area contributed by atoms with Crippen LogP contribution in [0.25, 0.3) is 0 Å². The predicted octanol–water partition coefficient (Wildman–Crippen LogP) is 1.43. The summed E-state index contributed by atoms with van der Waals surface area (Å²) in [7, 11) is 0. The Balaban J connectivity index is 1.84. The molecule has 102 valence electrons. The Labute approximate surface area is 111 Å². The molecule has 1 aromatic rings. The predicted molar refractivity (Wildman–Crippen MR) is 68.8 cm³/mol. The lowest BCUT2D eigenvalue weighted by atomic mass is 10.1. The van der Waals surface area contributed by atoms with E-state index in [2.05, 4.69) is 5.32 Å². The number of aromatic carboxylic acids is 1. The molecule has 0 aliphatic heterocycles. The van der Waals surface area contributed by atoms with Gasteiger partial charge in [-0.25, -0.2) is 4.79 Å². The largest absolute Gasteiger partial charge is 0.478 e.